The second-order valence-corrected chi connectivity index (χ2v) is 5.71. The van der Waals surface area contributed by atoms with E-state index in [0.29, 0.717) is 5.92 Å². The van der Waals surface area contributed by atoms with Crippen molar-refractivity contribution in [2.45, 2.75) is 40.5 Å². The van der Waals surface area contributed by atoms with Crippen molar-refractivity contribution in [2.75, 3.05) is 0 Å². The summed E-state index contributed by atoms with van der Waals surface area (Å²) in [6.45, 7) is 10.8. The zero-order valence-electron chi connectivity index (χ0n) is 11.4. The van der Waals surface area contributed by atoms with E-state index in [9.17, 15) is 0 Å². The van der Waals surface area contributed by atoms with Crippen molar-refractivity contribution in [3.63, 3.8) is 0 Å². The summed E-state index contributed by atoms with van der Waals surface area (Å²) < 4.78 is 0. The second-order valence-electron chi connectivity index (χ2n) is 5.71. The molecule has 1 nitrogen and oxygen atoms in total. The van der Waals surface area contributed by atoms with Gasteiger partial charge in [0, 0.05) is 6.08 Å². The summed E-state index contributed by atoms with van der Waals surface area (Å²) >= 11 is 0. The van der Waals surface area contributed by atoms with E-state index in [0.717, 1.165) is 11.1 Å². The third kappa shape index (κ3) is 3.46. The van der Waals surface area contributed by atoms with Crippen LogP contribution >= 0.6 is 0 Å². The lowest BCUT2D eigenvalue weighted by Crippen LogP contribution is -2.08. The van der Waals surface area contributed by atoms with Crippen molar-refractivity contribution >= 4 is 5.57 Å². The Hall–Kier alpha value is -1.55. The van der Waals surface area contributed by atoms with E-state index in [4.69, 9.17) is 5.26 Å². The van der Waals surface area contributed by atoms with Crippen molar-refractivity contribution in [1.29, 1.82) is 5.26 Å². The van der Waals surface area contributed by atoms with E-state index in [1.54, 1.807) is 6.08 Å². The van der Waals surface area contributed by atoms with Gasteiger partial charge < -0.3 is 0 Å². The third-order valence-electron chi connectivity index (χ3n) is 2.91. The molecule has 0 aliphatic heterocycles. The molecule has 0 bridgehead atoms. The Balaban J connectivity index is 3.15. The highest BCUT2D eigenvalue weighted by molar-refractivity contribution is 5.71. The van der Waals surface area contributed by atoms with Crippen LogP contribution in [0.4, 0.5) is 0 Å². The Morgan fingerprint density at radius 1 is 1.18 bits per heavy atom. The number of nitriles is 1. The van der Waals surface area contributed by atoms with Gasteiger partial charge in [-0.15, -0.1) is 0 Å². The first-order chi connectivity index (χ1) is 7.86. The molecule has 0 spiro atoms. The van der Waals surface area contributed by atoms with Crippen LogP contribution in [0.1, 0.15) is 51.7 Å². The van der Waals surface area contributed by atoms with Crippen molar-refractivity contribution < 1.29 is 0 Å². The lowest BCUT2D eigenvalue weighted by atomic mass is 9.81. The van der Waals surface area contributed by atoms with Gasteiger partial charge in [0.25, 0.3) is 0 Å². The summed E-state index contributed by atoms with van der Waals surface area (Å²) in [4.78, 5) is 0. The maximum absolute atomic E-state index is 8.88. The molecule has 0 heterocycles. The van der Waals surface area contributed by atoms with Crippen LogP contribution in [-0.4, -0.2) is 0 Å². The molecule has 1 heteroatoms. The molecule has 17 heavy (non-hydrogen) atoms. The Bertz CT molecular complexity index is 436. The molecular weight excluding hydrogens is 206 g/mol. The minimum atomic E-state index is -0.00488. The number of hydrogen-bond acceptors (Lipinski definition) is 1. The van der Waals surface area contributed by atoms with Gasteiger partial charge >= 0.3 is 0 Å². The van der Waals surface area contributed by atoms with Crippen molar-refractivity contribution in [1.82, 2.24) is 0 Å². The molecule has 0 saturated heterocycles. The van der Waals surface area contributed by atoms with Gasteiger partial charge in [-0.1, -0.05) is 58.9 Å². The smallest absolute Gasteiger partial charge is 0.0915 e. The largest absolute Gasteiger partial charge is 0.193 e. The Kier molecular flexibility index (Phi) is 4.12. The van der Waals surface area contributed by atoms with Crippen LogP contribution in [0.2, 0.25) is 0 Å². The molecule has 0 radical (unpaired) electrons. The van der Waals surface area contributed by atoms with Gasteiger partial charge in [-0.05, 0) is 28.0 Å². The van der Waals surface area contributed by atoms with Crippen LogP contribution in [0.15, 0.2) is 30.3 Å². The zero-order valence-corrected chi connectivity index (χ0v) is 11.4. The molecule has 1 aromatic carbocycles. The van der Waals surface area contributed by atoms with Crippen LogP contribution < -0.4 is 0 Å². The van der Waals surface area contributed by atoms with Crippen LogP contribution in [-0.2, 0) is 0 Å². The van der Waals surface area contributed by atoms with E-state index in [1.807, 2.05) is 0 Å². The number of rotatable bonds is 2. The van der Waals surface area contributed by atoms with Crippen molar-refractivity contribution in [3.05, 3.63) is 41.5 Å². The molecule has 0 atom stereocenters. The summed E-state index contributed by atoms with van der Waals surface area (Å²) in [7, 11) is 0. The monoisotopic (exact) mass is 227 g/mol. The third-order valence-corrected chi connectivity index (χ3v) is 2.91. The summed E-state index contributed by atoms with van der Waals surface area (Å²) in [6, 6.07) is 10.7. The fraction of sp³-hybridized carbons (Fsp3) is 0.438. The van der Waals surface area contributed by atoms with Gasteiger partial charge in [0.2, 0.25) is 0 Å². The summed E-state index contributed by atoms with van der Waals surface area (Å²) in [5, 5.41) is 8.88. The first-order valence-electron chi connectivity index (χ1n) is 6.07. The quantitative estimate of drug-likeness (QED) is 0.668. The van der Waals surface area contributed by atoms with Gasteiger partial charge in [0.15, 0.2) is 0 Å². The van der Waals surface area contributed by atoms with E-state index >= 15 is 0 Å². The van der Waals surface area contributed by atoms with Crippen LogP contribution in [0, 0.1) is 16.7 Å². The Morgan fingerprint density at radius 3 is 2.06 bits per heavy atom. The number of nitrogens with zero attached hydrogens (tertiary/aromatic N) is 1. The maximum Gasteiger partial charge on any atom is 0.0915 e. The Morgan fingerprint density at radius 2 is 1.71 bits per heavy atom. The van der Waals surface area contributed by atoms with Crippen LogP contribution in [0.3, 0.4) is 0 Å². The summed E-state index contributed by atoms with van der Waals surface area (Å²) in [5.41, 5.74) is 3.56. The predicted octanol–water partition coefficient (Wildman–Crippen LogP) is 4.76. The normalized spacial score (nSPS) is 12.6. The molecule has 0 fully saturated rings. The van der Waals surface area contributed by atoms with Gasteiger partial charge in [0.1, 0.15) is 0 Å². The first kappa shape index (κ1) is 13.5. The average Bonchev–Trinajstić information content (AvgIpc) is 2.24. The van der Waals surface area contributed by atoms with Crippen LogP contribution in [0.25, 0.3) is 5.57 Å². The molecule has 1 aromatic rings. The fourth-order valence-corrected chi connectivity index (χ4v) is 1.84. The number of allylic oxidation sites excluding steroid dienone is 2. The van der Waals surface area contributed by atoms with E-state index in [-0.39, 0.29) is 5.41 Å². The molecule has 0 unspecified atom stereocenters. The highest BCUT2D eigenvalue weighted by Gasteiger charge is 2.18. The zero-order chi connectivity index (χ0) is 13.1. The molecular formula is C16H21N. The van der Waals surface area contributed by atoms with Gasteiger partial charge in [-0.2, -0.15) is 5.26 Å². The van der Waals surface area contributed by atoms with E-state index in [2.05, 4.69) is 65.0 Å². The van der Waals surface area contributed by atoms with Crippen molar-refractivity contribution in [3.8, 4) is 6.07 Å². The van der Waals surface area contributed by atoms with Gasteiger partial charge in [-0.25, -0.2) is 0 Å². The molecule has 0 amide bonds. The number of hydrogen-bond donors (Lipinski definition) is 0. The lowest BCUT2D eigenvalue weighted by molar-refractivity contribution is 0.567. The predicted molar refractivity (Wildman–Crippen MR) is 73.6 cm³/mol. The van der Waals surface area contributed by atoms with E-state index in [1.165, 1.54) is 5.56 Å². The SMILES string of the molecule is CC(C)c1ccc(/C(=C\C#N)C(C)(C)C)cc1. The lowest BCUT2D eigenvalue weighted by Gasteiger charge is -2.23. The highest BCUT2D eigenvalue weighted by Crippen LogP contribution is 2.34. The number of benzene rings is 1. The van der Waals surface area contributed by atoms with Crippen LogP contribution in [0.5, 0.6) is 0 Å². The maximum atomic E-state index is 8.88. The second kappa shape index (κ2) is 5.19. The molecule has 0 aliphatic rings. The highest BCUT2D eigenvalue weighted by atomic mass is 14.3. The van der Waals surface area contributed by atoms with Crippen molar-refractivity contribution in [2.24, 2.45) is 5.41 Å². The van der Waals surface area contributed by atoms with E-state index < -0.39 is 0 Å². The molecule has 1 rings (SSSR count). The standard InChI is InChI=1S/C16H21N/c1-12(2)13-6-8-14(9-7-13)15(10-11-17)16(3,4)5/h6-10,12H,1-5H3/b15-10+. The minimum Gasteiger partial charge on any atom is -0.193 e. The fourth-order valence-electron chi connectivity index (χ4n) is 1.84. The molecule has 90 valence electrons. The summed E-state index contributed by atoms with van der Waals surface area (Å²) in [6.07, 6.45) is 1.66. The average molecular weight is 227 g/mol. The van der Waals surface area contributed by atoms with Gasteiger partial charge in [0.05, 0.1) is 6.07 Å². The Labute approximate surface area is 105 Å². The molecule has 0 saturated carbocycles. The topological polar surface area (TPSA) is 23.8 Å². The molecule has 0 N–H and O–H groups in total. The molecule has 0 aromatic heterocycles. The summed E-state index contributed by atoms with van der Waals surface area (Å²) in [5.74, 6) is 0.544. The minimum absolute atomic E-state index is 0.00488. The first-order valence-corrected chi connectivity index (χ1v) is 6.07. The van der Waals surface area contributed by atoms with Gasteiger partial charge in [-0.3, -0.25) is 0 Å². The molecule has 0 aliphatic carbocycles.